The molecule has 2 aromatic rings. The third-order valence-electron chi connectivity index (χ3n) is 9.26. The summed E-state index contributed by atoms with van der Waals surface area (Å²) in [7, 11) is 0. The molecule has 1 N–H and O–H groups in total. The molecule has 0 spiro atoms. The van der Waals surface area contributed by atoms with Crippen molar-refractivity contribution in [3.8, 4) is 0 Å². The highest BCUT2D eigenvalue weighted by Crippen LogP contribution is 2.42. The Labute approximate surface area is 238 Å². The number of allylic oxidation sites excluding steroid dienone is 3. The first-order valence-electron chi connectivity index (χ1n) is 15.6. The molecule has 2 fully saturated rings. The molecular weight excluding hydrogens is 474 g/mol. The zero-order valence-corrected chi connectivity index (χ0v) is 24.9. The number of benzene rings is 2. The summed E-state index contributed by atoms with van der Waals surface area (Å²) in [5.74, 6) is 2.71. The molecule has 2 heteroatoms. The van der Waals surface area contributed by atoms with Gasteiger partial charge in [0.2, 0.25) is 0 Å². The van der Waals surface area contributed by atoms with Crippen LogP contribution in [0.5, 0.6) is 0 Å². The first kappa shape index (κ1) is 29.4. The fourth-order valence-electron chi connectivity index (χ4n) is 6.77. The van der Waals surface area contributed by atoms with Gasteiger partial charge >= 0.3 is 0 Å². The van der Waals surface area contributed by atoms with E-state index in [0.717, 1.165) is 31.6 Å². The zero-order chi connectivity index (χ0) is 27.8. The Morgan fingerprint density at radius 2 is 1.69 bits per heavy atom. The lowest BCUT2D eigenvalue weighted by Gasteiger charge is -2.46. The van der Waals surface area contributed by atoms with E-state index < -0.39 is 0 Å². The van der Waals surface area contributed by atoms with E-state index >= 15 is 0 Å². The number of aliphatic hydroxyl groups excluding tert-OH is 1. The van der Waals surface area contributed by atoms with Crippen LogP contribution < -0.4 is 4.90 Å². The zero-order valence-electron chi connectivity index (χ0n) is 24.9. The van der Waals surface area contributed by atoms with Gasteiger partial charge in [0.25, 0.3) is 0 Å². The number of aliphatic hydroxyl groups is 1. The lowest BCUT2D eigenvalue weighted by atomic mass is 9.73. The summed E-state index contributed by atoms with van der Waals surface area (Å²) in [6.07, 6.45) is 15.6. The maximum Gasteiger partial charge on any atom is 0.0605 e. The molecule has 5 rings (SSSR count). The Hall–Kier alpha value is -2.58. The number of rotatable bonds is 8. The normalized spacial score (nSPS) is 25.6. The topological polar surface area (TPSA) is 23.5 Å². The van der Waals surface area contributed by atoms with E-state index in [9.17, 15) is 5.11 Å². The summed E-state index contributed by atoms with van der Waals surface area (Å²) >= 11 is 0. The molecule has 5 atom stereocenters. The quantitative estimate of drug-likeness (QED) is 0.371. The van der Waals surface area contributed by atoms with Gasteiger partial charge in [-0.15, -0.1) is 0 Å². The van der Waals surface area contributed by atoms with Crippen LogP contribution in [-0.2, 0) is 0 Å². The first-order chi connectivity index (χ1) is 18.9. The van der Waals surface area contributed by atoms with Crippen molar-refractivity contribution in [2.24, 2.45) is 17.8 Å². The van der Waals surface area contributed by atoms with Gasteiger partial charge in [0.05, 0.1) is 6.04 Å². The Kier molecular flexibility index (Phi) is 10.7. The Morgan fingerprint density at radius 3 is 2.26 bits per heavy atom. The molecule has 1 heterocycles. The van der Waals surface area contributed by atoms with Crippen LogP contribution in [-0.4, -0.2) is 17.8 Å². The summed E-state index contributed by atoms with van der Waals surface area (Å²) in [6, 6.07) is 20.4. The number of hydrogen-bond donors (Lipinski definition) is 1. The van der Waals surface area contributed by atoms with Crippen molar-refractivity contribution in [2.45, 2.75) is 97.4 Å². The van der Waals surface area contributed by atoms with Crippen LogP contribution in [0.2, 0.25) is 0 Å². The minimum Gasteiger partial charge on any atom is -0.396 e. The van der Waals surface area contributed by atoms with Crippen molar-refractivity contribution in [3.05, 3.63) is 95.7 Å². The highest BCUT2D eigenvalue weighted by Gasteiger charge is 2.35. The van der Waals surface area contributed by atoms with Gasteiger partial charge in [0.15, 0.2) is 0 Å². The van der Waals surface area contributed by atoms with Crippen molar-refractivity contribution in [2.75, 3.05) is 11.5 Å². The number of hydrogen-bond acceptors (Lipinski definition) is 2. The van der Waals surface area contributed by atoms with Crippen molar-refractivity contribution >= 4 is 11.3 Å². The molecule has 1 aliphatic heterocycles. The van der Waals surface area contributed by atoms with E-state index in [1.54, 1.807) is 0 Å². The highest BCUT2D eigenvalue weighted by molar-refractivity contribution is 5.70. The van der Waals surface area contributed by atoms with Gasteiger partial charge in [-0.3, -0.25) is 0 Å². The average Bonchev–Trinajstić information content (AvgIpc) is 2.96. The molecular formula is C37H51NO. The molecule has 2 aromatic carbocycles. The fraction of sp³-hybridized carbons (Fsp3) is 0.514. The van der Waals surface area contributed by atoms with Gasteiger partial charge in [0.1, 0.15) is 0 Å². The smallest absolute Gasteiger partial charge is 0.0605 e. The third-order valence-corrected chi connectivity index (χ3v) is 9.26. The molecule has 0 radical (unpaired) electrons. The van der Waals surface area contributed by atoms with Crippen LogP contribution in [0, 0.1) is 17.8 Å². The molecule has 2 aliphatic carbocycles. The first-order valence-corrected chi connectivity index (χ1v) is 15.6. The van der Waals surface area contributed by atoms with E-state index in [0.29, 0.717) is 30.4 Å². The molecule has 3 aliphatic rings. The summed E-state index contributed by atoms with van der Waals surface area (Å²) in [5, 5.41) is 9.65. The van der Waals surface area contributed by atoms with Crippen molar-refractivity contribution in [3.63, 3.8) is 0 Å². The Bertz CT molecular complexity index is 1110. The largest absolute Gasteiger partial charge is 0.396 e. The monoisotopic (exact) mass is 525 g/mol. The lowest BCUT2D eigenvalue weighted by molar-refractivity contribution is 0.154. The summed E-state index contributed by atoms with van der Waals surface area (Å²) in [4.78, 5) is 2.39. The second-order valence-corrected chi connectivity index (χ2v) is 12.4. The van der Waals surface area contributed by atoms with Crippen LogP contribution in [0.3, 0.4) is 0 Å². The molecule has 39 heavy (non-hydrogen) atoms. The number of anilines is 1. The molecule has 1 saturated carbocycles. The van der Waals surface area contributed by atoms with E-state index in [4.69, 9.17) is 0 Å². The molecule has 2 nitrogen and oxygen atoms in total. The Morgan fingerprint density at radius 1 is 0.949 bits per heavy atom. The van der Waals surface area contributed by atoms with Gasteiger partial charge in [-0.1, -0.05) is 108 Å². The third kappa shape index (κ3) is 7.54. The molecule has 1 saturated heterocycles. The van der Waals surface area contributed by atoms with Gasteiger partial charge < -0.3 is 10.0 Å². The van der Waals surface area contributed by atoms with Gasteiger partial charge in [0, 0.05) is 24.4 Å². The second-order valence-electron chi connectivity index (χ2n) is 12.4. The van der Waals surface area contributed by atoms with E-state index in [-0.39, 0.29) is 0 Å². The minimum absolute atomic E-state index is 0.330. The molecule has 0 amide bonds. The van der Waals surface area contributed by atoms with Crippen LogP contribution in [0.15, 0.2) is 84.6 Å². The summed E-state index contributed by atoms with van der Waals surface area (Å²) in [6.45, 7) is 13.7. The van der Waals surface area contributed by atoms with Crippen LogP contribution >= 0.6 is 0 Å². The maximum absolute atomic E-state index is 9.65. The van der Waals surface area contributed by atoms with Crippen molar-refractivity contribution in [1.82, 2.24) is 0 Å². The standard InChI is InChI=1S/C30H35NO.C7H16/c1-21-16-23(20-32)19-28(17-21)26-10-8-24(9-11-26)25-12-14-27(15-13-25)30-18-22(2)31(30)29-6-4-3-5-7-29;1-4-6-7(3)5-2/h3-12,14,21,23,28,30,32H,2,13,15-20H2,1H3;7H,4-6H2,1-3H3. The fourth-order valence-corrected chi connectivity index (χ4v) is 6.77. The molecule has 0 bridgehead atoms. The molecule has 5 unspecified atom stereocenters. The van der Waals surface area contributed by atoms with Gasteiger partial charge in [-0.25, -0.2) is 0 Å². The molecule has 210 valence electrons. The number of nitrogens with zero attached hydrogens (tertiary/aromatic N) is 1. The summed E-state index contributed by atoms with van der Waals surface area (Å²) < 4.78 is 0. The number of para-hydroxylation sites is 1. The average molecular weight is 526 g/mol. The SMILES string of the molecule is C=C1CC(C2=CC=C(c3ccc(C4CC(C)CC(CO)C4)cc3)CC2)N1c1ccccc1.CCCC(C)CC. The Balaban J connectivity index is 0.000000448. The maximum atomic E-state index is 9.65. The van der Waals surface area contributed by atoms with E-state index in [2.05, 4.69) is 106 Å². The van der Waals surface area contributed by atoms with Crippen LogP contribution in [0.25, 0.3) is 5.57 Å². The van der Waals surface area contributed by atoms with E-state index in [1.165, 1.54) is 65.8 Å². The second kappa shape index (κ2) is 14.2. The van der Waals surface area contributed by atoms with Gasteiger partial charge in [-0.05, 0) is 90.2 Å². The van der Waals surface area contributed by atoms with E-state index in [1.807, 2.05) is 0 Å². The van der Waals surface area contributed by atoms with Gasteiger partial charge in [-0.2, -0.15) is 0 Å². The predicted molar refractivity (Wildman–Crippen MR) is 169 cm³/mol. The minimum atomic E-state index is 0.330. The van der Waals surface area contributed by atoms with Crippen LogP contribution in [0.4, 0.5) is 5.69 Å². The van der Waals surface area contributed by atoms with Crippen LogP contribution in [0.1, 0.15) is 103 Å². The predicted octanol–water partition coefficient (Wildman–Crippen LogP) is 9.93. The highest BCUT2D eigenvalue weighted by atomic mass is 16.3. The van der Waals surface area contributed by atoms with Crippen molar-refractivity contribution in [1.29, 1.82) is 0 Å². The van der Waals surface area contributed by atoms with Crippen molar-refractivity contribution < 1.29 is 5.11 Å². The molecule has 0 aromatic heterocycles. The summed E-state index contributed by atoms with van der Waals surface area (Å²) in [5.41, 5.74) is 8.22. The lowest BCUT2D eigenvalue weighted by Crippen LogP contribution is -2.46.